The van der Waals surface area contributed by atoms with Crippen LogP contribution in [0.1, 0.15) is 19.8 Å². The predicted octanol–water partition coefficient (Wildman–Crippen LogP) is 1.89. The summed E-state index contributed by atoms with van der Waals surface area (Å²) in [6.45, 7) is 6.26. The van der Waals surface area contributed by atoms with E-state index in [1.54, 1.807) is 0 Å². The van der Waals surface area contributed by atoms with Crippen molar-refractivity contribution in [2.24, 2.45) is 5.92 Å². The van der Waals surface area contributed by atoms with E-state index in [4.69, 9.17) is 0 Å². The number of alkyl halides is 3. The first kappa shape index (κ1) is 15.7. The Hall–Kier alpha value is -0.330. The zero-order chi connectivity index (χ0) is 13.4. The molecule has 1 N–H and O–H groups in total. The number of hydrogen-bond acceptors (Lipinski definition) is 3. The molecule has 6 heteroatoms. The maximum Gasteiger partial charge on any atom is 0.411 e. The average molecular weight is 268 g/mol. The fourth-order valence-corrected chi connectivity index (χ4v) is 2.16. The minimum atomic E-state index is -4.21. The molecule has 0 spiro atoms. The summed E-state index contributed by atoms with van der Waals surface area (Å²) in [4.78, 5) is 2.42. The van der Waals surface area contributed by atoms with Gasteiger partial charge in [0, 0.05) is 13.2 Å². The van der Waals surface area contributed by atoms with E-state index in [1.165, 1.54) is 6.42 Å². The lowest BCUT2D eigenvalue weighted by molar-refractivity contribution is -0.173. The summed E-state index contributed by atoms with van der Waals surface area (Å²) in [7, 11) is 0. The third kappa shape index (κ3) is 7.18. The Kier molecular flexibility index (Phi) is 6.96. The zero-order valence-electron chi connectivity index (χ0n) is 10.9. The lowest BCUT2D eigenvalue weighted by atomic mass is 10.1. The van der Waals surface area contributed by atoms with Crippen LogP contribution in [0.15, 0.2) is 0 Å². The minimum absolute atomic E-state index is 0.165. The molecule has 1 fully saturated rings. The summed E-state index contributed by atoms with van der Waals surface area (Å²) >= 11 is 0. The number of rotatable bonds is 8. The van der Waals surface area contributed by atoms with E-state index < -0.39 is 12.8 Å². The van der Waals surface area contributed by atoms with Crippen LogP contribution in [0.5, 0.6) is 0 Å². The molecule has 0 amide bonds. The van der Waals surface area contributed by atoms with E-state index in [0.717, 1.165) is 32.7 Å². The highest BCUT2D eigenvalue weighted by atomic mass is 19.4. The molecule has 0 aromatic rings. The summed E-state index contributed by atoms with van der Waals surface area (Å²) in [6.07, 6.45) is -2.37. The molecule has 18 heavy (non-hydrogen) atoms. The summed E-state index contributed by atoms with van der Waals surface area (Å²) in [5.74, 6) is 0.682. The van der Waals surface area contributed by atoms with Crippen LogP contribution < -0.4 is 5.32 Å². The molecule has 1 rings (SSSR count). The lowest BCUT2D eigenvalue weighted by Crippen LogP contribution is -2.27. The standard InChI is InChI=1S/C12H23F3N2O/c1-2-17-6-4-11(9-17)8-16-5-3-7-18-10-12(13,14)15/h11,16H,2-10H2,1H3. The molecule has 1 unspecified atom stereocenters. The Bertz CT molecular complexity index is 224. The SMILES string of the molecule is CCN1CCC(CNCCCOCC(F)(F)F)C1. The third-order valence-corrected chi connectivity index (χ3v) is 3.16. The first-order valence-corrected chi connectivity index (χ1v) is 6.59. The molecule has 0 aromatic carbocycles. The molecule has 1 atom stereocenters. The van der Waals surface area contributed by atoms with E-state index in [2.05, 4.69) is 21.9 Å². The number of hydrogen-bond donors (Lipinski definition) is 1. The van der Waals surface area contributed by atoms with Crippen LogP contribution in [0.4, 0.5) is 13.2 Å². The van der Waals surface area contributed by atoms with Crippen LogP contribution in [-0.4, -0.2) is 57.0 Å². The highest BCUT2D eigenvalue weighted by Gasteiger charge is 2.27. The predicted molar refractivity (Wildman–Crippen MR) is 64.6 cm³/mol. The van der Waals surface area contributed by atoms with Crippen LogP contribution >= 0.6 is 0 Å². The highest BCUT2D eigenvalue weighted by Crippen LogP contribution is 2.15. The maximum absolute atomic E-state index is 11.8. The van der Waals surface area contributed by atoms with E-state index >= 15 is 0 Å². The van der Waals surface area contributed by atoms with Gasteiger partial charge in [-0.15, -0.1) is 0 Å². The van der Waals surface area contributed by atoms with Gasteiger partial charge in [-0.05, 0) is 44.9 Å². The molecular weight excluding hydrogens is 245 g/mol. The topological polar surface area (TPSA) is 24.5 Å². The van der Waals surface area contributed by atoms with Gasteiger partial charge in [-0.25, -0.2) is 0 Å². The Morgan fingerprint density at radius 1 is 1.39 bits per heavy atom. The van der Waals surface area contributed by atoms with Crippen molar-refractivity contribution in [2.45, 2.75) is 25.9 Å². The Labute approximate surface area is 107 Å². The number of nitrogens with zero attached hydrogens (tertiary/aromatic N) is 1. The monoisotopic (exact) mass is 268 g/mol. The number of ether oxygens (including phenoxy) is 1. The quantitative estimate of drug-likeness (QED) is 0.680. The van der Waals surface area contributed by atoms with Crippen molar-refractivity contribution in [1.82, 2.24) is 10.2 Å². The number of halogens is 3. The van der Waals surface area contributed by atoms with Gasteiger partial charge in [-0.2, -0.15) is 13.2 Å². The lowest BCUT2D eigenvalue weighted by Gasteiger charge is -2.13. The normalized spacial score (nSPS) is 21.7. The molecule has 108 valence electrons. The molecule has 1 aliphatic rings. The van der Waals surface area contributed by atoms with Crippen molar-refractivity contribution >= 4 is 0 Å². The van der Waals surface area contributed by atoms with Gasteiger partial charge in [0.2, 0.25) is 0 Å². The van der Waals surface area contributed by atoms with Gasteiger partial charge >= 0.3 is 6.18 Å². The van der Waals surface area contributed by atoms with Gasteiger partial charge in [0.1, 0.15) is 6.61 Å². The fraction of sp³-hybridized carbons (Fsp3) is 1.00. The van der Waals surface area contributed by atoms with Gasteiger partial charge < -0.3 is 15.0 Å². The molecule has 1 saturated heterocycles. The minimum Gasteiger partial charge on any atom is -0.372 e. The Morgan fingerprint density at radius 2 is 2.17 bits per heavy atom. The summed E-state index contributed by atoms with van der Waals surface area (Å²) in [5.41, 5.74) is 0. The fourth-order valence-electron chi connectivity index (χ4n) is 2.16. The second-order valence-electron chi connectivity index (χ2n) is 4.77. The Balaban J connectivity index is 1.87. The van der Waals surface area contributed by atoms with Crippen LogP contribution in [0, 0.1) is 5.92 Å². The van der Waals surface area contributed by atoms with Crippen LogP contribution in [-0.2, 0) is 4.74 Å². The molecule has 3 nitrogen and oxygen atoms in total. The number of nitrogens with one attached hydrogen (secondary N) is 1. The zero-order valence-corrected chi connectivity index (χ0v) is 10.9. The van der Waals surface area contributed by atoms with Crippen LogP contribution in [0.3, 0.4) is 0 Å². The Morgan fingerprint density at radius 3 is 2.78 bits per heavy atom. The molecule has 1 heterocycles. The van der Waals surface area contributed by atoms with Crippen molar-refractivity contribution in [3.63, 3.8) is 0 Å². The van der Waals surface area contributed by atoms with E-state index in [9.17, 15) is 13.2 Å². The maximum atomic E-state index is 11.8. The summed E-state index contributed by atoms with van der Waals surface area (Å²) in [6, 6.07) is 0. The van der Waals surface area contributed by atoms with Crippen molar-refractivity contribution < 1.29 is 17.9 Å². The van der Waals surface area contributed by atoms with Gasteiger partial charge in [-0.1, -0.05) is 6.92 Å². The van der Waals surface area contributed by atoms with Crippen molar-refractivity contribution in [1.29, 1.82) is 0 Å². The third-order valence-electron chi connectivity index (χ3n) is 3.16. The van der Waals surface area contributed by atoms with Crippen molar-refractivity contribution in [3.05, 3.63) is 0 Å². The highest BCUT2D eigenvalue weighted by molar-refractivity contribution is 4.76. The van der Waals surface area contributed by atoms with Gasteiger partial charge in [0.25, 0.3) is 0 Å². The average Bonchev–Trinajstić information content (AvgIpc) is 2.74. The van der Waals surface area contributed by atoms with Crippen LogP contribution in [0.2, 0.25) is 0 Å². The summed E-state index contributed by atoms with van der Waals surface area (Å²) < 4.78 is 39.8. The molecular formula is C12H23F3N2O. The van der Waals surface area contributed by atoms with Gasteiger partial charge in [0.15, 0.2) is 0 Å². The first-order chi connectivity index (χ1) is 8.51. The van der Waals surface area contributed by atoms with E-state index in [0.29, 0.717) is 12.3 Å². The second kappa shape index (κ2) is 7.96. The van der Waals surface area contributed by atoms with Crippen molar-refractivity contribution in [3.8, 4) is 0 Å². The largest absolute Gasteiger partial charge is 0.411 e. The number of likely N-dealkylation sites (tertiary alicyclic amines) is 1. The molecule has 0 aromatic heterocycles. The summed E-state index contributed by atoms with van der Waals surface area (Å²) in [5, 5.41) is 3.28. The molecule has 0 saturated carbocycles. The molecule has 0 radical (unpaired) electrons. The van der Waals surface area contributed by atoms with E-state index in [1.807, 2.05) is 0 Å². The smallest absolute Gasteiger partial charge is 0.372 e. The molecule has 0 aliphatic carbocycles. The first-order valence-electron chi connectivity index (χ1n) is 6.59. The van der Waals surface area contributed by atoms with E-state index in [-0.39, 0.29) is 6.61 Å². The molecule has 1 aliphatic heterocycles. The van der Waals surface area contributed by atoms with Crippen LogP contribution in [0.25, 0.3) is 0 Å². The molecule has 0 bridgehead atoms. The second-order valence-corrected chi connectivity index (χ2v) is 4.77. The van der Waals surface area contributed by atoms with Gasteiger partial charge in [0.05, 0.1) is 0 Å². The van der Waals surface area contributed by atoms with Gasteiger partial charge in [-0.3, -0.25) is 0 Å². The van der Waals surface area contributed by atoms with Crippen molar-refractivity contribution in [2.75, 3.05) is 45.9 Å².